The van der Waals surface area contributed by atoms with Crippen molar-refractivity contribution in [3.05, 3.63) is 93.0 Å². The fraction of sp³-hybridized carbons (Fsp3) is 0.0526. The van der Waals surface area contributed by atoms with E-state index in [1.54, 1.807) is 18.2 Å². The number of nitrogens with zero attached hydrogens (tertiary/aromatic N) is 3. The van der Waals surface area contributed by atoms with Gasteiger partial charge in [-0.3, -0.25) is 19.5 Å². The zero-order chi connectivity index (χ0) is 18.1. The zero-order valence-corrected chi connectivity index (χ0v) is 14.3. The van der Waals surface area contributed by atoms with E-state index >= 15 is 0 Å². The number of rotatable bonds is 4. The predicted molar refractivity (Wildman–Crippen MR) is 102 cm³/mol. The second kappa shape index (κ2) is 6.53. The van der Waals surface area contributed by atoms with Crippen LogP contribution in [0.4, 0.5) is 5.69 Å². The van der Waals surface area contributed by atoms with Crippen LogP contribution in [-0.2, 0) is 6.54 Å². The Morgan fingerprint density at radius 2 is 1.81 bits per heavy atom. The van der Waals surface area contributed by atoms with Crippen LogP contribution in [0.2, 0.25) is 0 Å². The van der Waals surface area contributed by atoms with Gasteiger partial charge in [0.15, 0.2) is 0 Å². The summed E-state index contributed by atoms with van der Waals surface area (Å²) in [4.78, 5) is 29.5. The number of nitro groups is 1. The molecule has 4 rings (SSSR count). The molecule has 2 heterocycles. The molecule has 0 aliphatic carbocycles. The molecule has 0 fully saturated rings. The van der Waals surface area contributed by atoms with Crippen LogP contribution >= 0.6 is 11.3 Å². The summed E-state index contributed by atoms with van der Waals surface area (Å²) in [5.41, 5.74) is 1.29. The van der Waals surface area contributed by atoms with Gasteiger partial charge < -0.3 is 0 Å². The molecule has 0 unspecified atom stereocenters. The minimum atomic E-state index is -0.440. The minimum absolute atomic E-state index is 0.00482. The lowest BCUT2D eigenvalue weighted by atomic mass is 10.1. The Balaban J connectivity index is 1.77. The summed E-state index contributed by atoms with van der Waals surface area (Å²) >= 11 is 1.45. The van der Waals surface area contributed by atoms with Crippen molar-refractivity contribution in [2.24, 2.45) is 0 Å². The molecule has 0 N–H and O–H groups in total. The second-order valence-corrected chi connectivity index (χ2v) is 6.79. The molecule has 4 aromatic rings. The topological polar surface area (TPSA) is 78.0 Å². The maximum atomic E-state index is 12.8. The van der Waals surface area contributed by atoms with Gasteiger partial charge in [-0.25, -0.2) is 4.98 Å². The molecule has 0 amide bonds. The number of hydrogen-bond donors (Lipinski definition) is 0. The molecule has 0 spiro atoms. The Morgan fingerprint density at radius 3 is 2.58 bits per heavy atom. The lowest BCUT2D eigenvalue weighted by Crippen LogP contribution is -2.20. The first-order chi connectivity index (χ1) is 12.6. The summed E-state index contributed by atoms with van der Waals surface area (Å²) in [6.45, 7) is 0.107. The summed E-state index contributed by atoms with van der Waals surface area (Å²) < 4.78 is 1.41. The number of nitro benzene ring substituents is 1. The van der Waals surface area contributed by atoms with Gasteiger partial charge in [-0.15, -0.1) is 11.3 Å². The van der Waals surface area contributed by atoms with E-state index in [4.69, 9.17) is 0 Å². The summed E-state index contributed by atoms with van der Waals surface area (Å²) in [7, 11) is 0. The van der Waals surface area contributed by atoms with Gasteiger partial charge in [0.2, 0.25) is 0 Å². The third-order valence-electron chi connectivity index (χ3n) is 4.11. The van der Waals surface area contributed by atoms with Gasteiger partial charge in [0.05, 0.1) is 23.2 Å². The van der Waals surface area contributed by atoms with Crippen LogP contribution in [0.15, 0.2) is 71.8 Å². The molecule has 0 saturated carbocycles. The van der Waals surface area contributed by atoms with Crippen molar-refractivity contribution in [2.45, 2.75) is 6.54 Å². The molecule has 0 radical (unpaired) electrons. The Kier molecular flexibility index (Phi) is 4.06. The first-order valence-corrected chi connectivity index (χ1v) is 8.72. The Hall–Kier alpha value is -3.32. The van der Waals surface area contributed by atoms with Gasteiger partial charge in [-0.05, 0) is 11.6 Å². The van der Waals surface area contributed by atoms with E-state index in [1.807, 2.05) is 36.4 Å². The van der Waals surface area contributed by atoms with Crippen LogP contribution < -0.4 is 5.56 Å². The number of para-hydroxylation sites is 1. The molecule has 0 atom stereocenters. The largest absolute Gasteiger partial charge is 0.294 e. The summed E-state index contributed by atoms with van der Waals surface area (Å²) in [6.07, 6.45) is 1.45. The molecule has 6 nitrogen and oxygen atoms in total. The smallest absolute Gasteiger partial charge is 0.274 e. The van der Waals surface area contributed by atoms with Gasteiger partial charge in [0, 0.05) is 16.5 Å². The number of thiophene rings is 1. The molecule has 0 saturated heterocycles. The van der Waals surface area contributed by atoms with Gasteiger partial charge in [-0.2, -0.15) is 0 Å². The number of aromatic nitrogens is 2. The summed E-state index contributed by atoms with van der Waals surface area (Å²) in [5, 5.41) is 11.7. The number of fused-ring (bicyclic) bond motifs is 1. The average molecular weight is 363 g/mol. The number of hydrogen-bond acceptors (Lipinski definition) is 5. The number of benzene rings is 2. The van der Waals surface area contributed by atoms with Crippen molar-refractivity contribution in [3.8, 4) is 10.4 Å². The maximum Gasteiger partial charge on any atom is 0.274 e. The Labute approximate surface area is 152 Å². The zero-order valence-electron chi connectivity index (χ0n) is 13.5. The molecule has 0 aliphatic heterocycles. The third kappa shape index (κ3) is 2.89. The fourth-order valence-corrected chi connectivity index (χ4v) is 3.82. The van der Waals surface area contributed by atoms with Gasteiger partial charge >= 0.3 is 0 Å². The first-order valence-electron chi connectivity index (χ1n) is 7.90. The molecule has 0 aliphatic rings. The van der Waals surface area contributed by atoms with E-state index in [1.165, 1.54) is 28.3 Å². The predicted octanol–water partition coefficient (Wildman–Crippen LogP) is 4.08. The summed E-state index contributed by atoms with van der Waals surface area (Å²) in [5.74, 6) is 0. The Morgan fingerprint density at radius 1 is 1.08 bits per heavy atom. The highest BCUT2D eigenvalue weighted by molar-refractivity contribution is 7.21. The SMILES string of the molecule is O=c1c2cc(-c3ccccc3)sc2ncn1Cc1ccccc1[N+](=O)[O-]. The van der Waals surface area contributed by atoms with Crippen LogP contribution in [0.3, 0.4) is 0 Å². The van der Waals surface area contributed by atoms with E-state index < -0.39 is 4.92 Å². The molecular formula is C19H13N3O3S. The fourth-order valence-electron chi connectivity index (χ4n) is 2.82. The highest BCUT2D eigenvalue weighted by atomic mass is 32.1. The van der Waals surface area contributed by atoms with Crippen molar-refractivity contribution in [2.75, 3.05) is 0 Å². The van der Waals surface area contributed by atoms with Crippen molar-refractivity contribution >= 4 is 27.2 Å². The van der Waals surface area contributed by atoms with Crippen LogP contribution in [-0.4, -0.2) is 14.5 Å². The van der Waals surface area contributed by atoms with Gasteiger partial charge in [0.1, 0.15) is 4.83 Å². The molecular weight excluding hydrogens is 350 g/mol. The van der Waals surface area contributed by atoms with Crippen LogP contribution in [0.25, 0.3) is 20.7 Å². The van der Waals surface area contributed by atoms with Gasteiger partial charge in [-0.1, -0.05) is 48.5 Å². The van der Waals surface area contributed by atoms with E-state index in [9.17, 15) is 14.9 Å². The first kappa shape index (κ1) is 16.2. The summed E-state index contributed by atoms with van der Waals surface area (Å²) in [6, 6.07) is 18.0. The molecule has 7 heteroatoms. The normalized spacial score (nSPS) is 10.9. The van der Waals surface area contributed by atoms with Crippen LogP contribution in [0, 0.1) is 10.1 Å². The molecule has 0 bridgehead atoms. The lowest BCUT2D eigenvalue weighted by Gasteiger charge is -2.05. The Bertz CT molecular complexity index is 1170. The quantitative estimate of drug-likeness (QED) is 0.404. The maximum absolute atomic E-state index is 12.8. The standard InChI is InChI=1S/C19H13N3O3S/c23-19-15-10-17(13-6-2-1-3-7-13)26-18(15)20-12-21(19)11-14-8-4-5-9-16(14)22(24)25/h1-10,12H,11H2. The van der Waals surface area contributed by atoms with E-state index in [2.05, 4.69) is 4.98 Å². The molecule has 128 valence electrons. The van der Waals surface area contributed by atoms with Gasteiger partial charge in [0.25, 0.3) is 11.2 Å². The third-order valence-corrected chi connectivity index (χ3v) is 5.20. The van der Waals surface area contributed by atoms with Crippen molar-refractivity contribution in [1.29, 1.82) is 0 Å². The molecule has 26 heavy (non-hydrogen) atoms. The minimum Gasteiger partial charge on any atom is -0.294 e. The van der Waals surface area contributed by atoms with Crippen molar-refractivity contribution < 1.29 is 4.92 Å². The van der Waals surface area contributed by atoms with Crippen LogP contribution in [0.1, 0.15) is 5.56 Å². The highest BCUT2D eigenvalue weighted by Crippen LogP contribution is 2.30. The second-order valence-electron chi connectivity index (χ2n) is 5.76. The highest BCUT2D eigenvalue weighted by Gasteiger charge is 2.15. The lowest BCUT2D eigenvalue weighted by molar-refractivity contribution is -0.385. The van der Waals surface area contributed by atoms with E-state index in [0.29, 0.717) is 15.8 Å². The average Bonchev–Trinajstić information content (AvgIpc) is 3.10. The van der Waals surface area contributed by atoms with Crippen molar-refractivity contribution in [1.82, 2.24) is 9.55 Å². The monoisotopic (exact) mass is 363 g/mol. The van der Waals surface area contributed by atoms with Crippen LogP contribution in [0.5, 0.6) is 0 Å². The van der Waals surface area contributed by atoms with E-state index in [-0.39, 0.29) is 17.8 Å². The molecule has 2 aromatic carbocycles. The van der Waals surface area contributed by atoms with E-state index in [0.717, 1.165) is 10.4 Å². The van der Waals surface area contributed by atoms with Crippen molar-refractivity contribution in [3.63, 3.8) is 0 Å². The molecule has 2 aromatic heterocycles.